The zero-order valence-electron chi connectivity index (χ0n) is 15.5. The van der Waals surface area contributed by atoms with Crippen LogP contribution in [0, 0.1) is 11.3 Å². The van der Waals surface area contributed by atoms with Crippen LogP contribution in [0.15, 0.2) is 24.3 Å². The van der Waals surface area contributed by atoms with Gasteiger partial charge in [0.25, 0.3) is 0 Å². The van der Waals surface area contributed by atoms with E-state index in [1.54, 1.807) is 0 Å². The third-order valence-corrected chi connectivity index (χ3v) is 5.80. The number of anilines is 1. The summed E-state index contributed by atoms with van der Waals surface area (Å²) in [6.45, 7) is 0.135. The molecule has 2 aliphatic heterocycles. The Kier molecular flexibility index (Phi) is 4.73. The van der Waals surface area contributed by atoms with Crippen molar-refractivity contribution in [2.45, 2.75) is 37.8 Å². The van der Waals surface area contributed by atoms with Crippen molar-refractivity contribution in [1.29, 1.82) is 5.26 Å². The van der Waals surface area contributed by atoms with Crippen molar-refractivity contribution in [2.75, 3.05) is 26.0 Å². The molecule has 0 aliphatic carbocycles. The van der Waals surface area contributed by atoms with Crippen molar-refractivity contribution in [3.63, 3.8) is 0 Å². The Morgan fingerprint density at radius 3 is 2.96 bits per heavy atom. The molecule has 3 heterocycles. The molecule has 3 N–H and O–H groups in total. The van der Waals surface area contributed by atoms with Gasteiger partial charge < -0.3 is 15.6 Å². The molecule has 2 aliphatic rings. The minimum atomic E-state index is -0.0664. The van der Waals surface area contributed by atoms with Gasteiger partial charge in [-0.25, -0.2) is 4.98 Å². The molecule has 1 saturated heterocycles. The predicted molar refractivity (Wildman–Crippen MR) is 103 cm³/mol. The number of nitrogen functional groups attached to an aromatic ring is 1. The summed E-state index contributed by atoms with van der Waals surface area (Å²) in [5.74, 6) is 0.933. The highest BCUT2D eigenvalue weighted by atomic mass is 16.5. The van der Waals surface area contributed by atoms with E-state index in [9.17, 15) is 5.26 Å². The molecule has 2 aromatic rings. The Labute approximate surface area is 159 Å². The monoisotopic (exact) mass is 364 g/mol. The third kappa shape index (κ3) is 2.93. The van der Waals surface area contributed by atoms with Gasteiger partial charge in [-0.3, -0.25) is 4.90 Å². The van der Waals surface area contributed by atoms with Crippen LogP contribution in [0.5, 0.6) is 5.75 Å². The first-order valence-corrected chi connectivity index (χ1v) is 9.43. The van der Waals surface area contributed by atoms with Gasteiger partial charge in [0.1, 0.15) is 29.8 Å². The van der Waals surface area contributed by atoms with Crippen LogP contribution in [0.2, 0.25) is 0 Å². The quantitative estimate of drug-likeness (QED) is 0.866. The van der Waals surface area contributed by atoms with Gasteiger partial charge in [0.05, 0.1) is 6.61 Å². The van der Waals surface area contributed by atoms with Crippen molar-refractivity contribution < 1.29 is 9.84 Å². The SMILES string of the molecule is CN1[C@H]2CCC[C@@H]1c1c(nc(N)c(C#N)c1-c1ccccc1OCCO)C2. The molecular formula is C21H24N4O2. The van der Waals surface area contributed by atoms with Gasteiger partial charge in [-0.2, -0.15) is 5.26 Å². The van der Waals surface area contributed by atoms with Crippen molar-refractivity contribution in [3.05, 3.63) is 41.1 Å². The van der Waals surface area contributed by atoms with E-state index < -0.39 is 0 Å². The van der Waals surface area contributed by atoms with Crippen LogP contribution in [0.4, 0.5) is 5.82 Å². The summed E-state index contributed by atoms with van der Waals surface area (Å²) in [6, 6.07) is 10.6. The number of nitriles is 1. The number of fused-ring (bicyclic) bond motifs is 4. The second-order valence-corrected chi connectivity index (χ2v) is 7.26. The summed E-state index contributed by atoms with van der Waals surface area (Å²) in [6.07, 6.45) is 4.24. The fourth-order valence-corrected chi connectivity index (χ4v) is 4.56. The van der Waals surface area contributed by atoms with Gasteiger partial charge in [0.2, 0.25) is 0 Å². The molecule has 0 amide bonds. The van der Waals surface area contributed by atoms with Gasteiger partial charge in [0, 0.05) is 40.9 Å². The summed E-state index contributed by atoms with van der Waals surface area (Å²) in [7, 11) is 2.16. The number of rotatable bonds is 4. The summed E-state index contributed by atoms with van der Waals surface area (Å²) < 4.78 is 5.77. The van der Waals surface area contributed by atoms with Crippen LogP contribution >= 0.6 is 0 Å². The second kappa shape index (κ2) is 7.18. The number of aromatic nitrogens is 1. The summed E-state index contributed by atoms with van der Waals surface area (Å²) in [5, 5.41) is 19.0. The summed E-state index contributed by atoms with van der Waals surface area (Å²) in [4.78, 5) is 7.05. The minimum Gasteiger partial charge on any atom is -0.491 e. The predicted octanol–water partition coefficient (Wildman–Crippen LogP) is 2.66. The van der Waals surface area contributed by atoms with Crippen LogP contribution in [0.25, 0.3) is 11.1 Å². The molecule has 27 heavy (non-hydrogen) atoms. The number of hydrogen-bond donors (Lipinski definition) is 2. The van der Waals surface area contributed by atoms with Crippen molar-refractivity contribution in [1.82, 2.24) is 9.88 Å². The molecule has 0 spiro atoms. The largest absolute Gasteiger partial charge is 0.491 e. The van der Waals surface area contributed by atoms with E-state index in [2.05, 4.69) is 23.0 Å². The van der Waals surface area contributed by atoms with Crippen LogP contribution in [0.3, 0.4) is 0 Å². The molecular weight excluding hydrogens is 340 g/mol. The van der Waals surface area contributed by atoms with Crippen molar-refractivity contribution >= 4 is 5.82 Å². The fourth-order valence-electron chi connectivity index (χ4n) is 4.56. The lowest BCUT2D eigenvalue weighted by molar-refractivity contribution is 0.0988. The standard InChI is InChI=1S/C21H24N4O2/c1-25-13-5-4-7-17(25)20-16(11-13)24-21(23)15(12-22)19(20)14-6-2-3-8-18(14)27-10-9-26/h2-3,6,8,13,17,26H,4-5,7,9-11H2,1H3,(H2,23,24)/t13-,17+/m0/s1. The van der Waals surface area contributed by atoms with E-state index in [1.807, 2.05) is 24.3 Å². The van der Waals surface area contributed by atoms with Crippen LogP contribution < -0.4 is 10.5 Å². The maximum Gasteiger partial charge on any atom is 0.142 e. The first kappa shape index (κ1) is 17.8. The number of likely N-dealkylation sites (N-methyl/N-ethyl adjacent to an activating group) is 1. The molecule has 0 saturated carbocycles. The maximum atomic E-state index is 9.86. The molecule has 4 rings (SSSR count). The molecule has 1 aromatic heterocycles. The summed E-state index contributed by atoms with van der Waals surface area (Å²) in [5.41, 5.74) is 10.4. The summed E-state index contributed by atoms with van der Waals surface area (Å²) >= 11 is 0. The first-order chi connectivity index (χ1) is 13.2. The van der Waals surface area contributed by atoms with Crippen molar-refractivity contribution in [2.24, 2.45) is 0 Å². The second-order valence-electron chi connectivity index (χ2n) is 7.26. The van der Waals surface area contributed by atoms with Crippen LogP contribution in [-0.4, -0.2) is 41.3 Å². The van der Waals surface area contributed by atoms with Gasteiger partial charge in [0.15, 0.2) is 0 Å². The van der Waals surface area contributed by atoms with Crippen molar-refractivity contribution in [3.8, 4) is 22.9 Å². The van der Waals surface area contributed by atoms with Crippen LogP contribution in [0.1, 0.15) is 42.1 Å². The smallest absolute Gasteiger partial charge is 0.142 e. The molecule has 0 unspecified atom stereocenters. The highest BCUT2D eigenvalue weighted by Gasteiger charge is 2.39. The highest BCUT2D eigenvalue weighted by molar-refractivity contribution is 5.83. The van der Waals surface area contributed by atoms with E-state index in [4.69, 9.17) is 15.6 Å². The molecule has 1 aromatic carbocycles. The normalized spacial score (nSPS) is 21.4. The number of hydrogen-bond acceptors (Lipinski definition) is 6. The average Bonchev–Trinajstić information content (AvgIpc) is 2.66. The van der Waals surface area contributed by atoms with Gasteiger partial charge in [-0.05, 0) is 32.4 Å². The van der Waals surface area contributed by atoms with Gasteiger partial charge in [-0.1, -0.05) is 18.2 Å². The highest BCUT2D eigenvalue weighted by Crippen LogP contribution is 2.47. The van der Waals surface area contributed by atoms with E-state index in [-0.39, 0.29) is 25.1 Å². The Balaban J connectivity index is 1.98. The zero-order valence-corrected chi connectivity index (χ0v) is 15.5. The lowest BCUT2D eigenvalue weighted by atomic mass is 9.78. The van der Waals surface area contributed by atoms with E-state index in [1.165, 1.54) is 12.8 Å². The molecule has 6 nitrogen and oxygen atoms in total. The number of piperidine rings is 1. The topological polar surface area (TPSA) is 95.4 Å². The molecule has 1 fully saturated rings. The van der Waals surface area contributed by atoms with Crippen LogP contribution in [-0.2, 0) is 6.42 Å². The molecule has 2 bridgehead atoms. The number of para-hydroxylation sites is 1. The Morgan fingerprint density at radius 2 is 2.19 bits per heavy atom. The Morgan fingerprint density at radius 1 is 1.37 bits per heavy atom. The average molecular weight is 364 g/mol. The van der Waals surface area contributed by atoms with E-state index >= 15 is 0 Å². The minimum absolute atomic E-state index is 0.0664. The van der Waals surface area contributed by atoms with Gasteiger partial charge >= 0.3 is 0 Å². The van der Waals surface area contributed by atoms with Gasteiger partial charge in [-0.15, -0.1) is 0 Å². The number of benzene rings is 1. The van der Waals surface area contributed by atoms with E-state index in [0.717, 1.165) is 35.2 Å². The number of pyridine rings is 1. The molecule has 6 heteroatoms. The number of nitrogens with two attached hydrogens (primary N) is 1. The zero-order chi connectivity index (χ0) is 19.0. The number of ether oxygens (including phenoxy) is 1. The Hall–Kier alpha value is -2.62. The molecule has 0 radical (unpaired) electrons. The lowest BCUT2D eigenvalue weighted by Crippen LogP contribution is -2.45. The van der Waals surface area contributed by atoms with E-state index in [0.29, 0.717) is 17.4 Å². The number of aliphatic hydroxyl groups is 1. The fraction of sp³-hybridized carbons (Fsp3) is 0.429. The first-order valence-electron chi connectivity index (χ1n) is 9.43. The third-order valence-electron chi connectivity index (χ3n) is 5.80. The number of aliphatic hydroxyl groups excluding tert-OH is 1. The molecule has 140 valence electrons. The maximum absolute atomic E-state index is 9.86. The number of nitrogens with zero attached hydrogens (tertiary/aromatic N) is 3. The Bertz CT molecular complexity index is 906. The lowest BCUT2D eigenvalue weighted by Gasteiger charge is -2.45. The molecule has 2 atom stereocenters.